The predicted octanol–water partition coefficient (Wildman–Crippen LogP) is 4.63. The molecular weight excluding hydrogens is 314 g/mol. The molecule has 2 aromatic carbocycles. The summed E-state index contributed by atoms with van der Waals surface area (Å²) in [6.07, 6.45) is 1.76. The molecule has 3 rings (SSSR count). The first-order valence-electron chi connectivity index (χ1n) is 6.31. The third-order valence-corrected chi connectivity index (χ3v) is 3.58. The van der Waals surface area contributed by atoms with E-state index in [-0.39, 0.29) is 0 Å². The van der Waals surface area contributed by atoms with E-state index in [1.165, 1.54) is 5.56 Å². The van der Waals surface area contributed by atoms with Crippen molar-refractivity contribution in [3.8, 4) is 0 Å². The molecule has 1 aromatic heterocycles. The van der Waals surface area contributed by atoms with Gasteiger partial charge in [0.15, 0.2) is 0 Å². The number of aromatic nitrogens is 1. The molecule has 0 atom stereocenters. The van der Waals surface area contributed by atoms with Crippen LogP contribution < -0.4 is 11.1 Å². The molecule has 0 fully saturated rings. The molecule has 4 heteroatoms. The number of rotatable bonds is 2. The molecule has 0 amide bonds. The first kappa shape index (κ1) is 12.9. The van der Waals surface area contributed by atoms with Gasteiger partial charge >= 0.3 is 0 Å². The Morgan fingerprint density at radius 2 is 2.00 bits per heavy atom. The van der Waals surface area contributed by atoms with Crippen molar-refractivity contribution in [3.63, 3.8) is 0 Å². The number of nitrogens with one attached hydrogen (secondary N) is 1. The van der Waals surface area contributed by atoms with E-state index in [2.05, 4.69) is 45.3 Å². The normalized spacial score (nSPS) is 10.7. The van der Waals surface area contributed by atoms with Crippen molar-refractivity contribution >= 4 is 43.9 Å². The number of benzene rings is 2. The maximum absolute atomic E-state index is 5.97. The van der Waals surface area contributed by atoms with E-state index in [1.807, 2.05) is 30.3 Å². The number of pyridine rings is 1. The fraction of sp³-hybridized carbons (Fsp3) is 0.0625. The van der Waals surface area contributed by atoms with E-state index in [4.69, 9.17) is 5.73 Å². The first-order valence-corrected chi connectivity index (χ1v) is 7.10. The van der Waals surface area contributed by atoms with Gasteiger partial charge < -0.3 is 11.1 Å². The number of hydrogen-bond donors (Lipinski definition) is 2. The van der Waals surface area contributed by atoms with Crippen molar-refractivity contribution in [1.82, 2.24) is 4.98 Å². The Morgan fingerprint density at radius 1 is 1.15 bits per heavy atom. The van der Waals surface area contributed by atoms with Gasteiger partial charge in [-0.1, -0.05) is 15.9 Å². The van der Waals surface area contributed by atoms with E-state index in [0.29, 0.717) is 5.69 Å². The van der Waals surface area contributed by atoms with Crippen molar-refractivity contribution in [2.75, 3.05) is 11.1 Å². The Hall–Kier alpha value is -2.07. The molecule has 0 bridgehead atoms. The molecule has 0 aliphatic rings. The molecule has 1 heterocycles. The predicted molar refractivity (Wildman–Crippen MR) is 88.3 cm³/mol. The maximum atomic E-state index is 5.97. The van der Waals surface area contributed by atoms with E-state index in [0.717, 1.165) is 26.8 Å². The smallest absolute Gasteiger partial charge is 0.0951 e. The standard InChI is InChI=1S/C16H14BrN3/c1-10-7-11(17)9-12(8-10)20-15-5-4-14(18)16-13(15)3-2-6-19-16/h2-9,20H,18H2,1H3. The highest BCUT2D eigenvalue weighted by atomic mass is 79.9. The number of aryl methyl sites for hydroxylation is 1. The van der Waals surface area contributed by atoms with Gasteiger partial charge in [-0.05, 0) is 55.0 Å². The molecule has 0 saturated heterocycles. The minimum atomic E-state index is 0.691. The zero-order valence-corrected chi connectivity index (χ0v) is 12.6. The molecule has 3 nitrogen and oxygen atoms in total. The molecule has 0 unspecified atom stereocenters. The summed E-state index contributed by atoms with van der Waals surface area (Å²) in [6, 6.07) is 14.0. The van der Waals surface area contributed by atoms with E-state index in [9.17, 15) is 0 Å². The lowest BCUT2D eigenvalue weighted by Gasteiger charge is -2.12. The van der Waals surface area contributed by atoms with Gasteiger partial charge in [0, 0.05) is 27.4 Å². The Kier molecular flexibility index (Phi) is 3.32. The van der Waals surface area contributed by atoms with Gasteiger partial charge in [0.05, 0.1) is 11.2 Å². The fourth-order valence-electron chi connectivity index (χ4n) is 2.27. The molecule has 0 spiro atoms. The van der Waals surface area contributed by atoms with Crippen LogP contribution >= 0.6 is 15.9 Å². The summed E-state index contributed by atoms with van der Waals surface area (Å²) in [7, 11) is 0. The number of nitrogens with zero attached hydrogens (tertiary/aromatic N) is 1. The van der Waals surface area contributed by atoms with Crippen molar-refractivity contribution in [3.05, 3.63) is 58.7 Å². The molecule has 0 aliphatic heterocycles. The summed E-state index contributed by atoms with van der Waals surface area (Å²) < 4.78 is 1.05. The minimum Gasteiger partial charge on any atom is -0.397 e. The van der Waals surface area contributed by atoms with Gasteiger partial charge in [0.2, 0.25) is 0 Å². The fourth-order valence-corrected chi connectivity index (χ4v) is 2.88. The van der Waals surface area contributed by atoms with Crippen LogP contribution in [0.3, 0.4) is 0 Å². The van der Waals surface area contributed by atoms with E-state index < -0.39 is 0 Å². The summed E-state index contributed by atoms with van der Waals surface area (Å²) in [5.41, 5.74) is 10.7. The van der Waals surface area contributed by atoms with Crippen LogP contribution in [0.25, 0.3) is 10.9 Å². The second-order valence-corrected chi connectivity index (χ2v) is 5.66. The van der Waals surface area contributed by atoms with Crippen LogP contribution in [0.5, 0.6) is 0 Å². The molecule has 0 radical (unpaired) electrons. The molecule has 3 aromatic rings. The van der Waals surface area contributed by atoms with Crippen LogP contribution in [0.15, 0.2) is 53.1 Å². The highest BCUT2D eigenvalue weighted by Gasteiger charge is 2.05. The molecule has 3 N–H and O–H groups in total. The number of anilines is 3. The summed E-state index contributed by atoms with van der Waals surface area (Å²) in [6.45, 7) is 2.07. The highest BCUT2D eigenvalue weighted by Crippen LogP contribution is 2.30. The van der Waals surface area contributed by atoms with Crippen LogP contribution in [0.4, 0.5) is 17.1 Å². The number of hydrogen-bond acceptors (Lipinski definition) is 3. The van der Waals surface area contributed by atoms with Crippen LogP contribution in [-0.4, -0.2) is 4.98 Å². The molecule has 0 aliphatic carbocycles. The van der Waals surface area contributed by atoms with Crippen LogP contribution in [0.1, 0.15) is 5.56 Å². The SMILES string of the molecule is Cc1cc(Br)cc(Nc2ccc(N)c3ncccc23)c1. The number of fused-ring (bicyclic) bond motifs is 1. The lowest BCUT2D eigenvalue weighted by atomic mass is 10.1. The first-order chi connectivity index (χ1) is 9.63. The molecule has 20 heavy (non-hydrogen) atoms. The van der Waals surface area contributed by atoms with Crippen LogP contribution in [0, 0.1) is 6.92 Å². The van der Waals surface area contributed by atoms with Crippen molar-refractivity contribution in [2.45, 2.75) is 6.92 Å². The van der Waals surface area contributed by atoms with Crippen LogP contribution in [-0.2, 0) is 0 Å². The zero-order valence-electron chi connectivity index (χ0n) is 11.0. The van der Waals surface area contributed by atoms with Gasteiger partial charge in [-0.2, -0.15) is 0 Å². The summed E-state index contributed by atoms with van der Waals surface area (Å²) in [4.78, 5) is 4.34. The van der Waals surface area contributed by atoms with Gasteiger partial charge in [0.25, 0.3) is 0 Å². The monoisotopic (exact) mass is 327 g/mol. The minimum absolute atomic E-state index is 0.691. The summed E-state index contributed by atoms with van der Waals surface area (Å²) >= 11 is 3.52. The zero-order chi connectivity index (χ0) is 14.1. The molecule has 0 saturated carbocycles. The van der Waals surface area contributed by atoms with E-state index in [1.54, 1.807) is 6.20 Å². The lowest BCUT2D eigenvalue weighted by molar-refractivity contribution is 1.40. The van der Waals surface area contributed by atoms with Crippen molar-refractivity contribution in [2.24, 2.45) is 0 Å². The number of nitrogens with two attached hydrogens (primary N) is 1. The topological polar surface area (TPSA) is 50.9 Å². The Bertz CT molecular complexity index is 764. The summed E-state index contributed by atoms with van der Waals surface area (Å²) in [5, 5.41) is 4.45. The van der Waals surface area contributed by atoms with Crippen LogP contribution in [0.2, 0.25) is 0 Å². The maximum Gasteiger partial charge on any atom is 0.0951 e. The van der Waals surface area contributed by atoms with E-state index >= 15 is 0 Å². The third kappa shape index (κ3) is 2.47. The van der Waals surface area contributed by atoms with Gasteiger partial charge in [-0.25, -0.2) is 0 Å². The van der Waals surface area contributed by atoms with Gasteiger partial charge in [0.1, 0.15) is 0 Å². The average Bonchev–Trinajstić information content (AvgIpc) is 2.41. The average molecular weight is 328 g/mol. The molecular formula is C16H14BrN3. The van der Waals surface area contributed by atoms with Crippen molar-refractivity contribution in [1.29, 1.82) is 0 Å². The highest BCUT2D eigenvalue weighted by molar-refractivity contribution is 9.10. The Labute approximate surface area is 126 Å². The van der Waals surface area contributed by atoms with Crippen molar-refractivity contribution < 1.29 is 0 Å². The number of halogens is 1. The quantitative estimate of drug-likeness (QED) is 0.674. The third-order valence-electron chi connectivity index (χ3n) is 3.12. The largest absolute Gasteiger partial charge is 0.397 e. The summed E-state index contributed by atoms with van der Waals surface area (Å²) in [5.74, 6) is 0. The molecule has 100 valence electrons. The van der Waals surface area contributed by atoms with Gasteiger partial charge in [-0.15, -0.1) is 0 Å². The van der Waals surface area contributed by atoms with Gasteiger partial charge in [-0.3, -0.25) is 4.98 Å². The second kappa shape index (κ2) is 5.13. The Morgan fingerprint density at radius 3 is 2.80 bits per heavy atom. The number of nitrogen functional groups attached to an aromatic ring is 1. The second-order valence-electron chi connectivity index (χ2n) is 4.74. The Balaban J connectivity index is 2.09. The lowest BCUT2D eigenvalue weighted by Crippen LogP contribution is -1.96.